The van der Waals surface area contributed by atoms with E-state index < -0.39 is 0 Å². The summed E-state index contributed by atoms with van der Waals surface area (Å²) in [5.41, 5.74) is 2.64. The lowest BCUT2D eigenvalue weighted by Crippen LogP contribution is -2.29. The Bertz CT molecular complexity index is 799. The highest BCUT2D eigenvalue weighted by atomic mass is 79.9. The standard InChI is InChI=1S/C18H17BrN2O2S/c1-2-14(12-7-9-13(19)10-8-12)20-17(22)11-24-18-21-15-5-3-4-6-16(15)23-18/h3-10,14H,2,11H2,1H3,(H,20,22)/t14-/m1/s1. The molecule has 3 aromatic rings. The summed E-state index contributed by atoms with van der Waals surface area (Å²) in [7, 11) is 0. The summed E-state index contributed by atoms with van der Waals surface area (Å²) < 4.78 is 6.64. The third-order valence-corrected chi connectivity index (χ3v) is 4.97. The summed E-state index contributed by atoms with van der Waals surface area (Å²) in [4.78, 5) is 16.6. The van der Waals surface area contributed by atoms with Crippen molar-refractivity contribution in [1.29, 1.82) is 0 Å². The van der Waals surface area contributed by atoms with Gasteiger partial charge in [0.15, 0.2) is 5.58 Å². The number of amides is 1. The van der Waals surface area contributed by atoms with Gasteiger partial charge >= 0.3 is 0 Å². The molecule has 0 radical (unpaired) electrons. The van der Waals surface area contributed by atoms with Gasteiger partial charge in [0.1, 0.15) is 5.52 Å². The first-order valence-corrected chi connectivity index (χ1v) is 9.46. The van der Waals surface area contributed by atoms with E-state index in [4.69, 9.17) is 4.42 Å². The van der Waals surface area contributed by atoms with Crippen LogP contribution < -0.4 is 5.32 Å². The number of para-hydroxylation sites is 2. The lowest BCUT2D eigenvalue weighted by atomic mass is 10.0. The van der Waals surface area contributed by atoms with Crippen molar-refractivity contribution in [3.63, 3.8) is 0 Å². The van der Waals surface area contributed by atoms with Crippen LogP contribution in [0.4, 0.5) is 0 Å². The second kappa shape index (κ2) is 7.85. The van der Waals surface area contributed by atoms with Crippen molar-refractivity contribution in [1.82, 2.24) is 10.3 Å². The molecule has 0 aliphatic heterocycles. The van der Waals surface area contributed by atoms with Gasteiger partial charge in [0, 0.05) is 4.47 Å². The zero-order valence-corrected chi connectivity index (χ0v) is 15.6. The van der Waals surface area contributed by atoms with E-state index >= 15 is 0 Å². The molecule has 3 rings (SSSR count). The maximum Gasteiger partial charge on any atom is 0.257 e. The quantitative estimate of drug-likeness (QED) is 0.590. The van der Waals surface area contributed by atoms with Crippen molar-refractivity contribution in [3.8, 4) is 0 Å². The van der Waals surface area contributed by atoms with Gasteiger partial charge in [-0.25, -0.2) is 4.98 Å². The molecule has 2 aromatic carbocycles. The number of carbonyl (C=O) groups is 1. The van der Waals surface area contributed by atoms with Crippen LogP contribution in [0, 0.1) is 0 Å². The fraction of sp³-hybridized carbons (Fsp3) is 0.222. The average molecular weight is 405 g/mol. The predicted octanol–water partition coefficient (Wildman–Crippen LogP) is 4.95. The van der Waals surface area contributed by atoms with Crippen molar-refractivity contribution >= 4 is 44.7 Å². The summed E-state index contributed by atoms with van der Waals surface area (Å²) in [6.45, 7) is 2.06. The molecule has 1 heterocycles. The molecule has 1 atom stereocenters. The number of fused-ring (bicyclic) bond motifs is 1. The molecule has 6 heteroatoms. The van der Waals surface area contributed by atoms with Crippen LogP contribution in [0.1, 0.15) is 24.9 Å². The molecule has 0 bridgehead atoms. The van der Waals surface area contributed by atoms with Gasteiger partial charge in [0.25, 0.3) is 5.22 Å². The average Bonchev–Trinajstić information content (AvgIpc) is 3.02. The first-order valence-electron chi connectivity index (χ1n) is 7.69. The molecule has 24 heavy (non-hydrogen) atoms. The van der Waals surface area contributed by atoms with E-state index in [1.54, 1.807) is 0 Å². The zero-order valence-electron chi connectivity index (χ0n) is 13.2. The highest BCUT2D eigenvalue weighted by molar-refractivity contribution is 9.10. The fourth-order valence-corrected chi connectivity index (χ4v) is 3.31. The normalized spacial score (nSPS) is 12.2. The smallest absolute Gasteiger partial charge is 0.257 e. The third-order valence-electron chi connectivity index (χ3n) is 3.62. The summed E-state index contributed by atoms with van der Waals surface area (Å²) in [5, 5.41) is 3.58. The van der Waals surface area contributed by atoms with Gasteiger partial charge in [-0.1, -0.05) is 58.9 Å². The number of aromatic nitrogens is 1. The highest BCUT2D eigenvalue weighted by Gasteiger charge is 2.14. The molecule has 1 N–H and O–H groups in total. The number of oxazole rings is 1. The molecule has 124 valence electrons. The van der Waals surface area contributed by atoms with Crippen molar-refractivity contribution in [3.05, 3.63) is 58.6 Å². The minimum absolute atomic E-state index is 0.00910. The molecule has 0 saturated carbocycles. The van der Waals surface area contributed by atoms with Crippen LogP contribution in [0.5, 0.6) is 0 Å². The first kappa shape index (κ1) is 17.0. The molecular weight excluding hydrogens is 388 g/mol. The second-order valence-corrected chi connectivity index (χ2v) is 7.16. The van der Waals surface area contributed by atoms with Crippen molar-refractivity contribution in [2.24, 2.45) is 0 Å². The van der Waals surface area contributed by atoms with Crippen LogP contribution in [-0.2, 0) is 4.79 Å². The Morgan fingerprint density at radius 1 is 1.25 bits per heavy atom. The van der Waals surface area contributed by atoms with E-state index in [-0.39, 0.29) is 17.7 Å². The summed E-state index contributed by atoms with van der Waals surface area (Å²) in [5.74, 6) is 0.247. The molecule has 1 aromatic heterocycles. The number of hydrogen-bond donors (Lipinski definition) is 1. The van der Waals surface area contributed by atoms with Crippen LogP contribution in [0.25, 0.3) is 11.1 Å². The second-order valence-electron chi connectivity index (χ2n) is 5.32. The minimum atomic E-state index is -0.0305. The number of nitrogens with zero attached hydrogens (tertiary/aromatic N) is 1. The lowest BCUT2D eigenvalue weighted by Gasteiger charge is -2.17. The largest absolute Gasteiger partial charge is 0.431 e. The molecule has 4 nitrogen and oxygen atoms in total. The number of nitrogens with one attached hydrogen (secondary N) is 1. The van der Waals surface area contributed by atoms with E-state index in [1.807, 2.05) is 48.5 Å². The van der Waals surface area contributed by atoms with Crippen molar-refractivity contribution in [2.75, 3.05) is 5.75 Å². The third kappa shape index (κ3) is 4.19. The number of benzene rings is 2. The van der Waals surface area contributed by atoms with Gasteiger partial charge < -0.3 is 9.73 Å². The van der Waals surface area contributed by atoms with E-state index in [9.17, 15) is 4.79 Å². The zero-order chi connectivity index (χ0) is 16.9. The SMILES string of the molecule is CC[C@@H](NC(=O)CSc1nc2ccccc2o1)c1ccc(Br)cc1. The van der Waals surface area contributed by atoms with Crippen LogP contribution in [-0.4, -0.2) is 16.6 Å². The Morgan fingerprint density at radius 2 is 2.00 bits per heavy atom. The van der Waals surface area contributed by atoms with Gasteiger partial charge in [-0.2, -0.15) is 0 Å². The summed E-state index contributed by atoms with van der Waals surface area (Å²) in [6, 6.07) is 15.6. The summed E-state index contributed by atoms with van der Waals surface area (Å²) >= 11 is 4.73. The van der Waals surface area contributed by atoms with Gasteiger partial charge in [-0.3, -0.25) is 4.79 Å². The Balaban J connectivity index is 1.58. The number of hydrogen-bond acceptors (Lipinski definition) is 4. The molecule has 0 unspecified atom stereocenters. The molecule has 0 fully saturated rings. The van der Waals surface area contributed by atoms with E-state index in [1.165, 1.54) is 11.8 Å². The maximum absolute atomic E-state index is 12.2. The lowest BCUT2D eigenvalue weighted by molar-refractivity contribution is -0.119. The number of thioether (sulfide) groups is 1. The molecule has 1 amide bonds. The van der Waals surface area contributed by atoms with E-state index in [0.717, 1.165) is 27.6 Å². The number of carbonyl (C=O) groups excluding carboxylic acids is 1. The monoisotopic (exact) mass is 404 g/mol. The number of rotatable bonds is 6. The molecule has 0 saturated heterocycles. The number of halogens is 1. The van der Waals surface area contributed by atoms with Gasteiger partial charge in [-0.15, -0.1) is 0 Å². The minimum Gasteiger partial charge on any atom is -0.431 e. The molecular formula is C18H17BrN2O2S. The van der Waals surface area contributed by atoms with E-state index in [0.29, 0.717) is 5.22 Å². The van der Waals surface area contributed by atoms with Crippen LogP contribution >= 0.6 is 27.7 Å². The van der Waals surface area contributed by atoms with Crippen LogP contribution in [0.3, 0.4) is 0 Å². The Labute approximate surface area is 153 Å². The summed E-state index contributed by atoms with van der Waals surface area (Å²) in [6.07, 6.45) is 0.834. The van der Waals surface area contributed by atoms with E-state index in [2.05, 4.69) is 33.2 Å². The predicted molar refractivity (Wildman–Crippen MR) is 100 cm³/mol. The van der Waals surface area contributed by atoms with Gasteiger partial charge in [-0.05, 0) is 36.2 Å². The van der Waals surface area contributed by atoms with Crippen LogP contribution in [0.15, 0.2) is 62.6 Å². The topological polar surface area (TPSA) is 55.1 Å². The van der Waals surface area contributed by atoms with Crippen molar-refractivity contribution < 1.29 is 9.21 Å². The highest BCUT2D eigenvalue weighted by Crippen LogP contribution is 2.24. The fourth-order valence-electron chi connectivity index (χ4n) is 2.39. The van der Waals surface area contributed by atoms with Crippen LogP contribution in [0.2, 0.25) is 0 Å². The Kier molecular flexibility index (Phi) is 5.58. The maximum atomic E-state index is 12.2. The first-order chi connectivity index (χ1) is 11.7. The molecule has 0 aliphatic carbocycles. The molecule has 0 spiro atoms. The van der Waals surface area contributed by atoms with Gasteiger partial charge in [0.2, 0.25) is 5.91 Å². The van der Waals surface area contributed by atoms with Gasteiger partial charge in [0.05, 0.1) is 11.8 Å². The molecule has 0 aliphatic rings. The Hall–Kier alpha value is -1.79. The van der Waals surface area contributed by atoms with Crippen molar-refractivity contribution in [2.45, 2.75) is 24.6 Å². The Morgan fingerprint density at radius 3 is 2.71 bits per heavy atom.